The van der Waals surface area contributed by atoms with Gasteiger partial charge in [-0.1, -0.05) is 24.3 Å². The molecule has 0 amide bonds. The molecule has 0 fully saturated rings. The van der Waals surface area contributed by atoms with Crippen LogP contribution in [0.1, 0.15) is 11.1 Å². The Kier molecular flexibility index (Phi) is 4.56. The smallest absolute Gasteiger partial charge is 0.249 e. The van der Waals surface area contributed by atoms with Crippen molar-refractivity contribution in [3.8, 4) is 5.75 Å². The third kappa shape index (κ3) is 3.60. The zero-order valence-corrected chi connectivity index (χ0v) is 13.9. The lowest BCUT2D eigenvalue weighted by atomic mass is 10.1. The largest absolute Gasteiger partial charge is 0.497 e. The topological polar surface area (TPSA) is 72.0 Å². The first-order chi connectivity index (χ1) is 11.7. The highest BCUT2D eigenvalue weighted by Gasteiger charge is 2.06. The predicted octanol–water partition coefficient (Wildman–Crippen LogP) is 3.98. The van der Waals surface area contributed by atoms with Gasteiger partial charge < -0.3 is 15.4 Å². The van der Waals surface area contributed by atoms with Crippen LogP contribution in [0.25, 0.3) is 0 Å². The van der Waals surface area contributed by atoms with Gasteiger partial charge >= 0.3 is 0 Å². The first-order valence-corrected chi connectivity index (χ1v) is 7.60. The molecule has 2 aromatic carbocycles. The van der Waals surface area contributed by atoms with Crippen LogP contribution in [0.2, 0.25) is 0 Å². The highest BCUT2D eigenvalue weighted by atomic mass is 16.5. The summed E-state index contributed by atoms with van der Waals surface area (Å²) in [5.74, 6) is 1.81. The van der Waals surface area contributed by atoms with Gasteiger partial charge in [-0.05, 0) is 37.1 Å². The van der Waals surface area contributed by atoms with Crippen molar-refractivity contribution in [2.75, 3.05) is 17.7 Å². The second-order valence-corrected chi connectivity index (χ2v) is 5.41. The number of nitrogens with one attached hydrogen (secondary N) is 2. The minimum Gasteiger partial charge on any atom is -0.497 e. The van der Waals surface area contributed by atoms with E-state index in [4.69, 9.17) is 4.74 Å². The summed E-state index contributed by atoms with van der Waals surface area (Å²) in [6.45, 7) is 4.11. The first-order valence-electron chi connectivity index (χ1n) is 7.60. The summed E-state index contributed by atoms with van der Waals surface area (Å²) in [6, 6.07) is 13.7. The molecule has 0 aliphatic rings. The van der Waals surface area contributed by atoms with Gasteiger partial charge in [-0.3, -0.25) is 0 Å². The Balaban J connectivity index is 1.81. The average Bonchev–Trinajstić information content (AvgIpc) is 2.59. The zero-order valence-electron chi connectivity index (χ0n) is 13.9. The zero-order chi connectivity index (χ0) is 16.9. The van der Waals surface area contributed by atoms with Crippen molar-refractivity contribution < 1.29 is 4.74 Å². The highest BCUT2D eigenvalue weighted by molar-refractivity contribution is 5.65. The van der Waals surface area contributed by atoms with Crippen LogP contribution >= 0.6 is 0 Å². The van der Waals surface area contributed by atoms with Crippen LogP contribution < -0.4 is 15.4 Å². The summed E-state index contributed by atoms with van der Waals surface area (Å²) in [7, 11) is 1.63. The van der Waals surface area contributed by atoms with E-state index in [0.717, 1.165) is 28.3 Å². The Hall–Kier alpha value is -3.15. The van der Waals surface area contributed by atoms with Gasteiger partial charge in [-0.25, -0.2) is 0 Å². The molecule has 6 nitrogen and oxygen atoms in total. The van der Waals surface area contributed by atoms with Crippen molar-refractivity contribution in [2.45, 2.75) is 13.8 Å². The highest BCUT2D eigenvalue weighted by Crippen LogP contribution is 2.24. The van der Waals surface area contributed by atoms with E-state index >= 15 is 0 Å². The SMILES string of the molecule is COc1cccc(Nc2nncc(Nc3c(C)cccc3C)n2)c1. The van der Waals surface area contributed by atoms with E-state index in [2.05, 4.69) is 51.8 Å². The number of rotatable bonds is 5. The van der Waals surface area contributed by atoms with Crippen molar-refractivity contribution in [1.29, 1.82) is 0 Å². The Labute approximate surface area is 140 Å². The maximum absolute atomic E-state index is 5.21. The molecule has 2 N–H and O–H groups in total. The molecule has 0 spiro atoms. The minimum atomic E-state index is 0.416. The number of anilines is 4. The molecular formula is C18H19N5O. The predicted molar refractivity (Wildman–Crippen MR) is 95.3 cm³/mol. The van der Waals surface area contributed by atoms with Crippen molar-refractivity contribution in [3.63, 3.8) is 0 Å². The molecule has 0 atom stereocenters. The standard InChI is InChI=1S/C18H19N5O/c1-12-6-4-7-13(2)17(12)21-16-11-19-23-18(22-16)20-14-8-5-9-15(10-14)24-3/h4-11H,1-3H3,(H2,20,21,22,23). The molecule has 24 heavy (non-hydrogen) atoms. The second-order valence-electron chi connectivity index (χ2n) is 5.41. The van der Waals surface area contributed by atoms with Crippen molar-refractivity contribution in [2.24, 2.45) is 0 Å². The Morgan fingerprint density at radius 1 is 0.958 bits per heavy atom. The normalized spacial score (nSPS) is 10.3. The van der Waals surface area contributed by atoms with E-state index in [0.29, 0.717) is 11.8 Å². The summed E-state index contributed by atoms with van der Waals surface area (Å²) < 4.78 is 5.21. The summed E-state index contributed by atoms with van der Waals surface area (Å²) in [4.78, 5) is 4.46. The lowest BCUT2D eigenvalue weighted by Crippen LogP contribution is -2.04. The number of aromatic nitrogens is 3. The molecule has 0 aliphatic carbocycles. The monoisotopic (exact) mass is 321 g/mol. The van der Waals surface area contributed by atoms with Gasteiger partial charge in [0, 0.05) is 17.4 Å². The molecule has 1 aromatic heterocycles. The fourth-order valence-corrected chi connectivity index (χ4v) is 2.39. The number of hydrogen-bond donors (Lipinski definition) is 2. The van der Waals surface area contributed by atoms with Crippen LogP contribution in [-0.2, 0) is 0 Å². The molecule has 0 bridgehead atoms. The van der Waals surface area contributed by atoms with Gasteiger partial charge in [-0.2, -0.15) is 10.1 Å². The van der Waals surface area contributed by atoms with Gasteiger partial charge in [0.2, 0.25) is 5.95 Å². The molecule has 3 aromatic rings. The molecule has 1 heterocycles. The number of benzene rings is 2. The molecule has 122 valence electrons. The molecule has 0 aliphatic heterocycles. The maximum Gasteiger partial charge on any atom is 0.249 e. The quantitative estimate of drug-likeness (QED) is 0.740. The van der Waals surface area contributed by atoms with Crippen molar-refractivity contribution >= 4 is 23.1 Å². The summed E-state index contributed by atoms with van der Waals surface area (Å²) in [5.41, 5.74) is 4.16. The van der Waals surface area contributed by atoms with Crippen LogP contribution in [-0.4, -0.2) is 22.3 Å². The van der Waals surface area contributed by atoms with Gasteiger partial charge in [-0.15, -0.1) is 5.10 Å². The van der Waals surface area contributed by atoms with Gasteiger partial charge in [0.25, 0.3) is 0 Å². The number of hydrogen-bond acceptors (Lipinski definition) is 6. The number of nitrogens with zero attached hydrogens (tertiary/aromatic N) is 3. The van der Waals surface area contributed by atoms with E-state index in [1.54, 1.807) is 13.3 Å². The molecule has 0 radical (unpaired) electrons. The van der Waals surface area contributed by atoms with E-state index in [9.17, 15) is 0 Å². The third-order valence-electron chi connectivity index (χ3n) is 3.62. The first kappa shape index (κ1) is 15.7. The molecule has 3 rings (SSSR count). The van der Waals surface area contributed by atoms with Crippen molar-refractivity contribution in [3.05, 3.63) is 59.8 Å². The average molecular weight is 321 g/mol. The van der Waals surface area contributed by atoms with Crippen molar-refractivity contribution in [1.82, 2.24) is 15.2 Å². The maximum atomic E-state index is 5.21. The number of ether oxygens (including phenoxy) is 1. The van der Waals surface area contributed by atoms with E-state index in [-0.39, 0.29) is 0 Å². The minimum absolute atomic E-state index is 0.416. The molecular weight excluding hydrogens is 302 g/mol. The van der Waals surface area contributed by atoms with Gasteiger partial charge in [0.15, 0.2) is 5.82 Å². The fourth-order valence-electron chi connectivity index (χ4n) is 2.39. The van der Waals surface area contributed by atoms with E-state index in [1.165, 1.54) is 0 Å². The Morgan fingerprint density at radius 3 is 2.46 bits per heavy atom. The third-order valence-corrected chi connectivity index (χ3v) is 3.62. The lowest BCUT2D eigenvalue weighted by molar-refractivity contribution is 0.415. The van der Waals surface area contributed by atoms with Gasteiger partial charge in [0.1, 0.15) is 5.75 Å². The molecule has 6 heteroatoms. The Bertz CT molecular complexity index is 830. The van der Waals surface area contributed by atoms with Crippen LogP contribution in [0.3, 0.4) is 0 Å². The molecule has 0 saturated heterocycles. The summed E-state index contributed by atoms with van der Waals surface area (Å²) in [5, 5.41) is 14.5. The van der Waals surface area contributed by atoms with Crippen LogP contribution in [0, 0.1) is 13.8 Å². The lowest BCUT2D eigenvalue weighted by Gasteiger charge is -2.12. The number of para-hydroxylation sites is 1. The van der Waals surface area contributed by atoms with E-state index in [1.807, 2.05) is 30.3 Å². The Morgan fingerprint density at radius 2 is 1.71 bits per heavy atom. The molecule has 0 unspecified atom stereocenters. The van der Waals surface area contributed by atoms with Gasteiger partial charge in [0.05, 0.1) is 13.3 Å². The molecule has 0 saturated carbocycles. The number of methoxy groups -OCH3 is 1. The van der Waals surface area contributed by atoms with Crippen LogP contribution in [0.15, 0.2) is 48.7 Å². The second kappa shape index (κ2) is 6.95. The fraction of sp³-hybridized carbons (Fsp3) is 0.167. The van der Waals surface area contributed by atoms with Crippen LogP contribution in [0.5, 0.6) is 5.75 Å². The summed E-state index contributed by atoms with van der Waals surface area (Å²) >= 11 is 0. The van der Waals surface area contributed by atoms with E-state index < -0.39 is 0 Å². The van der Waals surface area contributed by atoms with Crippen LogP contribution in [0.4, 0.5) is 23.1 Å². The summed E-state index contributed by atoms with van der Waals surface area (Å²) in [6.07, 6.45) is 1.60. The number of aryl methyl sites for hydroxylation is 2.